The van der Waals surface area contributed by atoms with Crippen molar-refractivity contribution in [2.45, 2.75) is 20.5 Å². The lowest BCUT2D eigenvalue weighted by molar-refractivity contribution is -0.114. The summed E-state index contributed by atoms with van der Waals surface area (Å²) < 4.78 is 15.9. The number of benzene rings is 2. The minimum atomic E-state index is -0.471. The molecule has 6 heteroatoms. The van der Waals surface area contributed by atoms with E-state index in [4.69, 9.17) is 14.2 Å². The summed E-state index contributed by atoms with van der Waals surface area (Å²) in [5.41, 5.74) is 2.66. The Labute approximate surface area is 146 Å². The van der Waals surface area contributed by atoms with Crippen molar-refractivity contribution in [2.75, 3.05) is 19.5 Å². The van der Waals surface area contributed by atoms with E-state index < -0.39 is 5.97 Å². The second kappa shape index (κ2) is 8.19. The maximum absolute atomic E-state index is 12.3. The van der Waals surface area contributed by atoms with Gasteiger partial charge in [-0.3, -0.25) is 4.79 Å². The molecule has 132 valence electrons. The van der Waals surface area contributed by atoms with Gasteiger partial charge in [0.05, 0.1) is 19.8 Å². The van der Waals surface area contributed by atoms with E-state index in [-0.39, 0.29) is 12.5 Å². The zero-order chi connectivity index (χ0) is 18.4. The SMILES string of the molecule is COc1cc(C)c(COC(=O)c2cccc(NC(C)=O)c2)cc1OC. The van der Waals surface area contributed by atoms with E-state index in [9.17, 15) is 9.59 Å². The molecule has 0 heterocycles. The summed E-state index contributed by atoms with van der Waals surface area (Å²) in [7, 11) is 3.12. The van der Waals surface area contributed by atoms with E-state index >= 15 is 0 Å². The lowest BCUT2D eigenvalue weighted by Crippen LogP contribution is -2.09. The zero-order valence-corrected chi connectivity index (χ0v) is 14.7. The van der Waals surface area contributed by atoms with E-state index in [1.54, 1.807) is 44.6 Å². The molecule has 6 nitrogen and oxygen atoms in total. The van der Waals surface area contributed by atoms with Crippen LogP contribution in [0.15, 0.2) is 36.4 Å². The van der Waals surface area contributed by atoms with Crippen LogP contribution >= 0.6 is 0 Å². The first-order chi connectivity index (χ1) is 11.9. The van der Waals surface area contributed by atoms with E-state index in [1.165, 1.54) is 6.92 Å². The fourth-order valence-corrected chi connectivity index (χ4v) is 2.33. The number of aryl methyl sites for hydroxylation is 1. The van der Waals surface area contributed by atoms with E-state index in [0.717, 1.165) is 11.1 Å². The highest BCUT2D eigenvalue weighted by Crippen LogP contribution is 2.30. The molecule has 0 spiro atoms. The van der Waals surface area contributed by atoms with Crippen LogP contribution in [0.1, 0.15) is 28.4 Å². The van der Waals surface area contributed by atoms with Crippen LogP contribution in [-0.4, -0.2) is 26.1 Å². The Morgan fingerprint density at radius 2 is 1.72 bits per heavy atom. The molecule has 0 saturated carbocycles. The lowest BCUT2D eigenvalue weighted by atomic mass is 10.1. The Bertz CT molecular complexity index is 785. The molecular formula is C19H21NO5. The molecule has 1 amide bonds. The second-order valence-corrected chi connectivity index (χ2v) is 5.47. The Balaban J connectivity index is 2.11. The minimum absolute atomic E-state index is 0.107. The number of nitrogens with one attached hydrogen (secondary N) is 1. The molecule has 0 aromatic heterocycles. The normalized spacial score (nSPS) is 10.1. The predicted molar refractivity (Wildman–Crippen MR) is 94.1 cm³/mol. The number of esters is 1. The number of rotatable bonds is 6. The first kappa shape index (κ1) is 18.3. The molecule has 0 radical (unpaired) electrons. The standard InChI is InChI=1S/C19H21NO5/c1-12-8-17(23-3)18(24-4)10-15(12)11-25-19(22)14-6-5-7-16(9-14)20-13(2)21/h5-10H,11H2,1-4H3,(H,20,21). The first-order valence-electron chi connectivity index (χ1n) is 7.71. The van der Waals surface area contributed by atoms with Gasteiger partial charge in [0.2, 0.25) is 5.91 Å². The molecule has 1 N–H and O–H groups in total. The van der Waals surface area contributed by atoms with Gasteiger partial charge in [0, 0.05) is 12.6 Å². The summed E-state index contributed by atoms with van der Waals surface area (Å²) in [6.07, 6.45) is 0. The highest BCUT2D eigenvalue weighted by atomic mass is 16.5. The van der Waals surface area contributed by atoms with Crippen LogP contribution in [0.25, 0.3) is 0 Å². The molecular weight excluding hydrogens is 322 g/mol. The average Bonchev–Trinajstić information content (AvgIpc) is 2.59. The van der Waals surface area contributed by atoms with E-state index in [0.29, 0.717) is 22.7 Å². The van der Waals surface area contributed by atoms with Crippen LogP contribution in [-0.2, 0) is 16.1 Å². The van der Waals surface area contributed by atoms with Gasteiger partial charge < -0.3 is 19.5 Å². The molecule has 0 aliphatic heterocycles. The van der Waals surface area contributed by atoms with Crippen molar-refractivity contribution < 1.29 is 23.8 Å². The van der Waals surface area contributed by atoms with Crippen molar-refractivity contribution in [1.82, 2.24) is 0 Å². The molecule has 0 bridgehead atoms. The van der Waals surface area contributed by atoms with Gasteiger partial charge >= 0.3 is 5.97 Å². The molecule has 2 aromatic rings. The molecule has 2 rings (SSSR count). The van der Waals surface area contributed by atoms with E-state index in [2.05, 4.69) is 5.32 Å². The number of carbonyl (C=O) groups is 2. The van der Waals surface area contributed by atoms with Crippen LogP contribution in [0.4, 0.5) is 5.69 Å². The third kappa shape index (κ3) is 4.73. The summed E-state index contributed by atoms with van der Waals surface area (Å²) in [6.45, 7) is 3.42. The van der Waals surface area contributed by atoms with Gasteiger partial charge in [0.15, 0.2) is 11.5 Å². The van der Waals surface area contributed by atoms with E-state index in [1.807, 2.05) is 13.0 Å². The number of amides is 1. The Hall–Kier alpha value is -3.02. The number of methoxy groups -OCH3 is 2. The monoisotopic (exact) mass is 343 g/mol. The smallest absolute Gasteiger partial charge is 0.338 e. The fraction of sp³-hybridized carbons (Fsp3) is 0.263. The van der Waals surface area contributed by atoms with Gasteiger partial charge in [-0.05, 0) is 48.4 Å². The fourth-order valence-electron chi connectivity index (χ4n) is 2.33. The maximum Gasteiger partial charge on any atom is 0.338 e. The van der Waals surface area contributed by atoms with Crippen LogP contribution in [0.2, 0.25) is 0 Å². The predicted octanol–water partition coefficient (Wildman–Crippen LogP) is 3.33. The summed E-state index contributed by atoms with van der Waals surface area (Å²) in [5.74, 6) is 0.526. The van der Waals surface area contributed by atoms with Gasteiger partial charge in [0.1, 0.15) is 6.61 Å². The summed E-state index contributed by atoms with van der Waals surface area (Å²) in [6, 6.07) is 10.2. The number of ether oxygens (including phenoxy) is 3. The molecule has 0 aliphatic rings. The van der Waals surface area contributed by atoms with Crippen molar-refractivity contribution in [2.24, 2.45) is 0 Å². The van der Waals surface area contributed by atoms with Crippen molar-refractivity contribution in [3.63, 3.8) is 0 Å². The Kier molecular flexibility index (Phi) is 6.00. The average molecular weight is 343 g/mol. The summed E-state index contributed by atoms with van der Waals surface area (Å²) >= 11 is 0. The summed E-state index contributed by atoms with van der Waals surface area (Å²) in [5, 5.41) is 2.63. The topological polar surface area (TPSA) is 73.9 Å². The summed E-state index contributed by atoms with van der Waals surface area (Å²) in [4.78, 5) is 23.4. The Morgan fingerprint density at radius 3 is 2.36 bits per heavy atom. The highest BCUT2D eigenvalue weighted by Gasteiger charge is 2.12. The number of hydrogen-bond acceptors (Lipinski definition) is 5. The highest BCUT2D eigenvalue weighted by molar-refractivity contribution is 5.93. The number of hydrogen-bond donors (Lipinski definition) is 1. The van der Waals surface area contributed by atoms with Crippen LogP contribution in [0.3, 0.4) is 0 Å². The quantitative estimate of drug-likeness (QED) is 0.815. The minimum Gasteiger partial charge on any atom is -0.493 e. The largest absolute Gasteiger partial charge is 0.493 e. The van der Waals surface area contributed by atoms with Gasteiger partial charge in [-0.15, -0.1) is 0 Å². The van der Waals surface area contributed by atoms with Gasteiger partial charge in [-0.2, -0.15) is 0 Å². The molecule has 0 saturated heterocycles. The first-order valence-corrected chi connectivity index (χ1v) is 7.71. The number of anilines is 1. The van der Waals surface area contributed by atoms with Crippen molar-refractivity contribution in [1.29, 1.82) is 0 Å². The van der Waals surface area contributed by atoms with Gasteiger partial charge in [0.25, 0.3) is 0 Å². The van der Waals surface area contributed by atoms with Crippen LogP contribution in [0, 0.1) is 6.92 Å². The molecule has 0 fully saturated rings. The van der Waals surface area contributed by atoms with Gasteiger partial charge in [-0.25, -0.2) is 4.79 Å². The van der Waals surface area contributed by atoms with Crippen LogP contribution < -0.4 is 14.8 Å². The Morgan fingerprint density at radius 1 is 1.04 bits per heavy atom. The van der Waals surface area contributed by atoms with Crippen LogP contribution in [0.5, 0.6) is 11.5 Å². The molecule has 2 aromatic carbocycles. The van der Waals surface area contributed by atoms with Gasteiger partial charge in [-0.1, -0.05) is 6.07 Å². The van der Waals surface area contributed by atoms with Crippen molar-refractivity contribution in [3.8, 4) is 11.5 Å². The molecule has 25 heavy (non-hydrogen) atoms. The third-order valence-corrected chi connectivity index (χ3v) is 3.62. The molecule has 0 aliphatic carbocycles. The number of carbonyl (C=O) groups excluding carboxylic acids is 2. The lowest BCUT2D eigenvalue weighted by Gasteiger charge is -2.13. The zero-order valence-electron chi connectivity index (χ0n) is 14.7. The molecule has 0 unspecified atom stereocenters. The maximum atomic E-state index is 12.3. The second-order valence-electron chi connectivity index (χ2n) is 5.47. The van der Waals surface area contributed by atoms with Crippen molar-refractivity contribution in [3.05, 3.63) is 53.1 Å². The molecule has 0 atom stereocenters. The third-order valence-electron chi connectivity index (χ3n) is 3.62. The van der Waals surface area contributed by atoms with Crippen molar-refractivity contribution >= 4 is 17.6 Å².